The maximum absolute atomic E-state index is 12.4. The Morgan fingerprint density at radius 1 is 1.40 bits per heavy atom. The predicted molar refractivity (Wildman–Crippen MR) is 84.4 cm³/mol. The second-order valence-electron chi connectivity index (χ2n) is 5.60. The maximum atomic E-state index is 12.4. The number of carbonyl (C=O) groups is 1. The Bertz CT molecular complexity index is 476. The number of nitrogen functional groups attached to an aromatic ring is 1. The average Bonchev–Trinajstić information content (AvgIpc) is 2.98. The van der Waals surface area contributed by atoms with Crippen LogP contribution in [0.2, 0.25) is 0 Å². The van der Waals surface area contributed by atoms with Gasteiger partial charge in [-0.3, -0.25) is 4.79 Å². The van der Waals surface area contributed by atoms with Crippen molar-refractivity contribution >= 4 is 28.2 Å². The zero-order chi connectivity index (χ0) is 14.8. The molecule has 0 bridgehead atoms. The van der Waals surface area contributed by atoms with E-state index in [0.29, 0.717) is 10.7 Å². The Kier molecular flexibility index (Phi) is 4.52. The first kappa shape index (κ1) is 15.1. The molecular formula is C14H24N4OS. The Balaban J connectivity index is 2.14. The molecule has 1 heterocycles. The number of thiazole rings is 1. The normalized spacial score (nSPS) is 17.1. The van der Waals surface area contributed by atoms with E-state index in [-0.39, 0.29) is 11.4 Å². The largest absolute Gasteiger partial charge is 0.382 e. The summed E-state index contributed by atoms with van der Waals surface area (Å²) in [6.45, 7) is 7.98. The molecule has 6 heteroatoms. The number of nitrogens with one attached hydrogen (secondary N) is 1. The van der Waals surface area contributed by atoms with Crippen LogP contribution in [0.4, 0.5) is 10.9 Å². The number of rotatable bonds is 5. The number of aromatic nitrogens is 1. The lowest BCUT2D eigenvalue weighted by atomic mass is 10.0. The van der Waals surface area contributed by atoms with Gasteiger partial charge in [-0.2, -0.15) is 0 Å². The SMILES string of the molecule is CCN(CC)c1nc(N)c(C(=O)NC2(C)CCCC2)s1. The monoisotopic (exact) mass is 296 g/mol. The summed E-state index contributed by atoms with van der Waals surface area (Å²) in [6.07, 6.45) is 4.44. The van der Waals surface area contributed by atoms with Gasteiger partial charge in [-0.1, -0.05) is 24.2 Å². The average molecular weight is 296 g/mol. The van der Waals surface area contributed by atoms with Crippen molar-refractivity contribution < 1.29 is 4.79 Å². The Morgan fingerprint density at radius 3 is 2.55 bits per heavy atom. The van der Waals surface area contributed by atoms with Gasteiger partial charge in [0, 0.05) is 18.6 Å². The van der Waals surface area contributed by atoms with Gasteiger partial charge in [0.25, 0.3) is 5.91 Å². The quantitative estimate of drug-likeness (QED) is 0.876. The van der Waals surface area contributed by atoms with Crippen LogP contribution >= 0.6 is 11.3 Å². The fraction of sp³-hybridized carbons (Fsp3) is 0.714. The van der Waals surface area contributed by atoms with E-state index in [2.05, 4.69) is 36.0 Å². The molecule has 0 atom stereocenters. The third-order valence-electron chi connectivity index (χ3n) is 4.00. The van der Waals surface area contributed by atoms with Gasteiger partial charge in [0.1, 0.15) is 10.7 Å². The van der Waals surface area contributed by atoms with Crippen LogP contribution in [0, 0.1) is 0 Å². The van der Waals surface area contributed by atoms with E-state index in [9.17, 15) is 4.79 Å². The second-order valence-corrected chi connectivity index (χ2v) is 6.58. The van der Waals surface area contributed by atoms with Crippen molar-refractivity contribution in [2.24, 2.45) is 0 Å². The minimum atomic E-state index is -0.0807. The van der Waals surface area contributed by atoms with Crippen molar-refractivity contribution in [1.29, 1.82) is 0 Å². The summed E-state index contributed by atoms with van der Waals surface area (Å²) >= 11 is 1.38. The molecule has 20 heavy (non-hydrogen) atoms. The van der Waals surface area contributed by atoms with Crippen molar-refractivity contribution in [3.63, 3.8) is 0 Å². The van der Waals surface area contributed by atoms with Gasteiger partial charge in [0.2, 0.25) is 0 Å². The number of nitrogens with two attached hydrogens (primary N) is 1. The molecule has 1 amide bonds. The van der Waals surface area contributed by atoms with Gasteiger partial charge in [0.05, 0.1) is 0 Å². The van der Waals surface area contributed by atoms with E-state index in [4.69, 9.17) is 5.73 Å². The van der Waals surface area contributed by atoms with E-state index in [0.717, 1.165) is 31.1 Å². The van der Waals surface area contributed by atoms with Crippen LogP contribution in [0.1, 0.15) is 56.1 Å². The molecule has 0 saturated heterocycles. The van der Waals surface area contributed by atoms with Gasteiger partial charge in [-0.05, 0) is 33.6 Å². The molecule has 0 spiro atoms. The molecular weight excluding hydrogens is 272 g/mol. The lowest BCUT2D eigenvalue weighted by molar-refractivity contribution is 0.0913. The molecule has 0 aliphatic heterocycles. The van der Waals surface area contributed by atoms with Gasteiger partial charge >= 0.3 is 0 Å². The molecule has 5 nitrogen and oxygen atoms in total. The Labute approximate surface area is 124 Å². The number of carbonyl (C=O) groups excluding carboxylic acids is 1. The molecule has 1 saturated carbocycles. The van der Waals surface area contributed by atoms with Crippen LogP contribution < -0.4 is 16.0 Å². The minimum absolute atomic E-state index is 0.0805. The molecule has 1 aliphatic rings. The van der Waals surface area contributed by atoms with Crippen molar-refractivity contribution in [3.8, 4) is 0 Å². The summed E-state index contributed by atoms with van der Waals surface area (Å²) in [4.78, 5) is 19.4. The number of anilines is 2. The Morgan fingerprint density at radius 2 is 2.00 bits per heavy atom. The fourth-order valence-corrected chi connectivity index (χ4v) is 3.73. The summed E-state index contributed by atoms with van der Waals surface area (Å²) < 4.78 is 0. The molecule has 3 N–H and O–H groups in total. The Hall–Kier alpha value is -1.30. The van der Waals surface area contributed by atoms with Gasteiger partial charge < -0.3 is 16.0 Å². The van der Waals surface area contributed by atoms with Gasteiger partial charge in [-0.15, -0.1) is 0 Å². The molecule has 1 aromatic heterocycles. The second kappa shape index (κ2) is 5.99. The van der Waals surface area contributed by atoms with E-state index in [1.54, 1.807) is 0 Å². The zero-order valence-electron chi connectivity index (χ0n) is 12.5. The molecule has 0 radical (unpaired) electrons. The van der Waals surface area contributed by atoms with E-state index in [1.165, 1.54) is 24.2 Å². The lowest BCUT2D eigenvalue weighted by Gasteiger charge is -2.24. The highest BCUT2D eigenvalue weighted by Gasteiger charge is 2.31. The number of nitrogens with zero attached hydrogens (tertiary/aromatic N) is 2. The summed E-state index contributed by atoms with van der Waals surface area (Å²) in [6, 6.07) is 0. The first-order valence-corrected chi connectivity index (χ1v) is 8.14. The van der Waals surface area contributed by atoms with Crippen LogP contribution in [0.3, 0.4) is 0 Å². The van der Waals surface area contributed by atoms with Crippen LogP contribution in [0.25, 0.3) is 0 Å². The van der Waals surface area contributed by atoms with Gasteiger partial charge in [0.15, 0.2) is 5.13 Å². The molecule has 1 aliphatic carbocycles. The molecule has 1 fully saturated rings. The molecule has 0 aromatic carbocycles. The smallest absolute Gasteiger partial charge is 0.265 e. The maximum Gasteiger partial charge on any atom is 0.265 e. The molecule has 112 valence electrons. The highest BCUT2D eigenvalue weighted by atomic mass is 32.1. The van der Waals surface area contributed by atoms with Crippen LogP contribution in [-0.4, -0.2) is 29.5 Å². The number of amides is 1. The molecule has 2 rings (SSSR count). The minimum Gasteiger partial charge on any atom is -0.382 e. The summed E-state index contributed by atoms with van der Waals surface area (Å²) in [7, 11) is 0. The third-order valence-corrected chi connectivity index (χ3v) is 5.14. The summed E-state index contributed by atoms with van der Waals surface area (Å²) in [5.74, 6) is 0.263. The van der Waals surface area contributed by atoms with Gasteiger partial charge in [-0.25, -0.2) is 4.98 Å². The lowest BCUT2D eigenvalue weighted by Crippen LogP contribution is -2.43. The predicted octanol–water partition coefficient (Wildman–Crippen LogP) is 2.63. The first-order chi connectivity index (χ1) is 9.49. The third kappa shape index (κ3) is 3.06. The van der Waals surface area contributed by atoms with E-state index < -0.39 is 0 Å². The van der Waals surface area contributed by atoms with Crippen molar-refractivity contribution in [2.45, 2.75) is 52.0 Å². The van der Waals surface area contributed by atoms with E-state index in [1.807, 2.05) is 0 Å². The van der Waals surface area contributed by atoms with Crippen LogP contribution in [0.5, 0.6) is 0 Å². The first-order valence-electron chi connectivity index (χ1n) is 7.33. The summed E-state index contributed by atoms with van der Waals surface area (Å²) in [5.41, 5.74) is 5.84. The van der Waals surface area contributed by atoms with Crippen molar-refractivity contribution in [1.82, 2.24) is 10.3 Å². The zero-order valence-corrected chi connectivity index (χ0v) is 13.3. The fourth-order valence-electron chi connectivity index (χ4n) is 2.72. The van der Waals surface area contributed by atoms with E-state index >= 15 is 0 Å². The van der Waals surface area contributed by atoms with Crippen LogP contribution in [-0.2, 0) is 0 Å². The highest BCUT2D eigenvalue weighted by molar-refractivity contribution is 7.18. The van der Waals surface area contributed by atoms with Crippen molar-refractivity contribution in [2.75, 3.05) is 23.7 Å². The number of hydrogen-bond donors (Lipinski definition) is 2. The number of hydrogen-bond acceptors (Lipinski definition) is 5. The molecule has 0 unspecified atom stereocenters. The highest BCUT2D eigenvalue weighted by Crippen LogP contribution is 2.32. The molecule has 1 aromatic rings. The topological polar surface area (TPSA) is 71.2 Å². The standard InChI is InChI=1S/C14H24N4OS/c1-4-18(5-2)13-16-11(15)10(20-13)12(19)17-14(3)8-6-7-9-14/h4-9,15H2,1-3H3,(H,17,19). The van der Waals surface area contributed by atoms with Crippen molar-refractivity contribution in [3.05, 3.63) is 4.88 Å². The van der Waals surface area contributed by atoms with Crippen LogP contribution in [0.15, 0.2) is 0 Å². The summed E-state index contributed by atoms with van der Waals surface area (Å²) in [5, 5.41) is 3.96.